The Kier molecular flexibility index (Phi) is 4.90. The zero-order valence-corrected chi connectivity index (χ0v) is 7.26. The molecule has 0 atom stereocenters. The molecule has 3 heteroatoms. The standard InChI is InChI=1S/C8H16N2O.CH4/c1-7(11)10-5-3-8(9-2)4-6-10;/h8-9H,3-6H2,1-2H3;1H4. The highest BCUT2D eigenvalue weighted by atomic mass is 16.2. The van der Waals surface area contributed by atoms with Crippen molar-refractivity contribution in [1.29, 1.82) is 0 Å². The highest BCUT2D eigenvalue weighted by Gasteiger charge is 2.18. The van der Waals surface area contributed by atoms with Crippen LogP contribution >= 0.6 is 0 Å². The molecule has 0 aromatic carbocycles. The molecule has 3 nitrogen and oxygen atoms in total. The Morgan fingerprint density at radius 1 is 1.42 bits per heavy atom. The summed E-state index contributed by atoms with van der Waals surface area (Å²) < 4.78 is 0. The molecule has 0 spiro atoms. The largest absolute Gasteiger partial charge is 0.343 e. The van der Waals surface area contributed by atoms with Gasteiger partial charge in [-0.1, -0.05) is 7.43 Å². The first-order valence-corrected chi connectivity index (χ1v) is 4.17. The Bertz CT molecular complexity index is 139. The van der Waals surface area contributed by atoms with Crippen molar-refractivity contribution in [2.75, 3.05) is 20.1 Å². The molecule has 72 valence electrons. The molecule has 1 fully saturated rings. The number of likely N-dealkylation sites (tertiary alicyclic amines) is 1. The second-order valence-electron chi connectivity index (χ2n) is 3.07. The van der Waals surface area contributed by atoms with E-state index in [0.717, 1.165) is 25.9 Å². The van der Waals surface area contributed by atoms with Crippen LogP contribution < -0.4 is 5.32 Å². The van der Waals surface area contributed by atoms with Crippen LogP contribution in [0.3, 0.4) is 0 Å². The number of piperidine rings is 1. The lowest BCUT2D eigenvalue weighted by molar-refractivity contribution is -0.129. The number of amides is 1. The number of rotatable bonds is 1. The topological polar surface area (TPSA) is 32.3 Å². The van der Waals surface area contributed by atoms with E-state index in [1.165, 1.54) is 0 Å². The Morgan fingerprint density at radius 3 is 2.25 bits per heavy atom. The van der Waals surface area contributed by atoms with Gasteiger partial charge in [0, 0.05) is 26.1 Å². The number of hydrogen-bond acceptors (Lipinski definition) is 2. The molecule has 1 saturated heterocycles. The zero-order valence-electron chi connectivity index (χ0n) is 7.26. The third-order valence-corrected chi connectivity index (χ3v) is 2.35. The van der Waals surface area contributed by atoms with Gasteiger partial charge in [-0.3, -0.25) is 4.79 Å². The molecule has 0 aromatic heterocycles. The van der Waals surface area contributed by atoms with Gasteiger partial charge in [0.25, 0.3) is 0 Å². The fraction of sp³-hybridized carbons (Fsp3) is 0.889. The first-order chi connectivity index (χ1) is 5.24. The molecule has 12 heavy (non-hydrogen) atoms. The van der Waals surface area contributed by atoms with E-state index in [9.17, 15) is 4.79 Å². The summed E-state index contributed by atoms with van der Waals surface area (Å²) in [5.41, 5.74) is 0. The lowest BCUT2D eigenvalue weighted by atomic mass is 10.1. The molecule has 0 aromatic rings. The summed E-state index contributed by atoms with van der Waals surface area (Å²) in [4.78, 5) is 12.8. The van der Waals surface area contributed by atoms with Crippen LogP contribution in [-0.4, -0.2) is 37.0 Å². The minimum absolute atomic E-state index is 0. The van der Waals surface area contributed by atoms with Crippen molar-refractivity contribution in [3.05, 3.63) is 0 Å². The van der Waals surface area contributed by atoms with Gasteiger partial charge >= 0.3 is 0 Å². The summed E-state index contributed by atoms with van der Waals surface area (Å²) in [6.07, 6.45) is 2.19. The Morgan fingerprint density at radius 2 is 1.92 bits per heavy atom. The van der Waals surface area contributed by atoms with Crippen LogP contribution in [0.5, 0.6) is 0 Å². The van der Waals surface area contributed by atoms with Crippen LogP contribution in [0.1, 0.15) is 27.2 Å². The van der Waals surface area contributed by atoms with Gasteiger partial charge in [-0.25, -0.2) is 0 Å². The van der Waals surface area contributed by atoms with Gasteiger partial charge in [0.15, 0.2) is 0 Å². The third-order valence-electron chi connectivity index (χ3n) is 2.35. The van der Waals surface area contributed by atoms with Crippen molar-refractivity contribution in [2.24, 2.45) is 0 Å². The molecular weight excluding hydrogens is 152 g/mol. The van der Waals surface area contributed by atoms with Gasteiger partial charge < -0.3 is 10.2 Å². The Balaban J connectivity index is 0.00000121. The average Bonchev–Trinajstić information content (AvgIpc) is 2.05. The molecule has 0 bridgehead atoms. The molecular formula is C9H20N2O. The normalized spacial score (nSPS) is 18.7. The van der Waals surface area contributed by atoms with Crippen molar-refractivity contribution < 1.29 is 4.79 Å². The van der Waals surface area contributed by atoms with E-state index >= 15 is 0 Å². The maximum absolute atomic E-state index is 10.9. The maximum Gasteiger partial charge on any atom is 0.219 e. The summed E-state index contributed by atoms with van der Waals surface area (Å²) in [7, 11) is 1.98. The first kappa shape index (κ1) is 11.4. The molecule has 1 aliphatic heterocycles. The molecule has 0 saturated carbocycles. The smallest absolute Gasteiger partial charge is 0.219 e. The second-order valence-corrected chi connectivity index (χ2v) is 3.07. The summed E-state index contributed by atoms with van der Waals surface area (Å²) in [5, 5.41) is 3.23. The fourth-order valence-electron chi connectivity index (χ4n) is 1.48. The van der Waals surface area contributed by atoms with Crippen LogP contribution in [0.2, 0.25) is 0 Å². The van der Waals surface area contributed by atoms with Gasteiger partial charge in [-0.05, 0) is 19.9 Å². The van der Waals surface area contributed by atoms with E-state index in [1.807, 2.05) is 11.9 Å². The minimum Gasteiger partial charge on any atom is -0.343 e. The van der Waals surface area contributed by atoms with Crippen LogP contribution in [-0.2, 0) is 4.79 Å². The lowest BCUT2D eigenvalue weighted by Gasteiger charge is -2.30. The molecule has 0 unspecified atom stereocenters. The van der Waals surface area contributed by atoms with Crippen molar-refractivity contribution in [3.8, 4) is 0 Å². The molecule has 0 radical (unpaired) electrons. The number of carbonyl (C=O) groups is 1. The van der Waals surface area contributed by atoms with Crippen LogP contribution in [0.25, 0.3) is 0 Å². The molecule has 0 aliphatic carbocycles. The van der Waals surface area contributed by atoms with Crippen molar-refractivity contribution in [1.82, 2.24) is 10.2 Å². The fourth-order valence-corrected chi connectivity index (χ4v) is 1.48. The van der Waals surface area contributed by atoms with Crippen molar-refractivity contribution in [3.63, 3.8) is 0 Å². The SMILES string of the molecule is C.CNC1CCN(C(C)=O)CC1. The van der Waals surface area contributed by atoms with Gasteiger partial charge in [0.1, 0.15) is 0 Å². The second kappa shape index (κ2) is 5.14. The average molecular weight is 172 g/mol. The van der Waals surface area contributed by atoms with E-state index in [4.69, 9.17) is 0 Å². The van der Waals surface area contributed by atoms with E-state index in [-0.39, 0.29) is 13.3 Å². The lowest BCUT2D eigenvalue weighted by Crippen LogP contribution is -2.43. The molecule has 1 aliphatic rings. The van der Waals surface area contributed by atoms with E-state index in [2.05, 4.69) is 5.32 Å². The quantitative estimate of drug-likeness (QED) is 0.636. The van der Waals surface area contributed by atoms with Gasteiger partial charge in [0.2, 0.25) is 5.91 Å². The van der Waals surface area contributed by atoms with Crippen LogP contribution in [0.15, 0.2) is 0 Å². The molecule has 1 heterocycles. The predicted molar refractivity (Wildman–Crippen MR) is 51.1 cm³/mol. The number of nitrogens with zero attached hydrogens (tertiary/aromatic N) is 1. The van der Waals surface area contributed by atoms with Crippen molar-refractivity contribution in [2.45, 2.75) is 33.2 Å². The third kappa shape index (κ3) is 2.81. The Labute approximate surface area is 75.1 Å². The zero-order chi connectivity index (χ0) is 8.27. The number of hydrogen-bond donors (Lipinski definition) is 1. The highest BCUT2D eigenvalue weighted by molar-refractivity contribution is 5.73. The van der Waals surface area contributed by atoms with Gasteiger partial charge in [-0.2, -0.15) is 0 Å². The van der Waals surface area contributed by atoms with E-state index < -0.39 is 0 Å². The van der Waals surface area contributed by atoms with Crippen LogP contribution in [0.4, 0.5) is 0 Å². The maximum atomic E-state index is 10.9. The van der Waals surface area contributed by atoms with Gasteiger partial charge in [-0.15, -0.1) is 0 Å². The van der Waals surface area contributed by atoms with E-state index in [1.54, 1.807) is 6.92 Å². The van der Waals surface area contributed by atoms with Gasteiger partial charge in [0.05, 0.1) is 0 Å². The summed E-state index contributed by atoms with van der Waals surface area (Å²) in [5.74, 6) is 0.208. The molecule has 1 rings (SSSR count). The predicted octanol–water partition coefficient (Wildman–Crippen LogP) is 0.853. The Hall–Kier alpha value is -0.570. The number of carbonyl (C=O) groups excluding carboxylic acids is 1. The van der Waals surface area contributed by atoms with Crippen molar-refractivity contribution >= 4 is 5.91 Å². The summed E-state index contributed by atoms with van der Waals surface area (Å²) >= 11 is 0. The summed E-state index contributed by atoms with van der Waals surface area (Å²) in [6.45, 7) is 3.47. The number of nitrogens with one attached hydrogen (secondary N) is 1. The minimum atomic E-state index is 0. The molecule has 1 amide bonds. The molecule has 1 N–H and O–H groups in total. The first-order valence-electron chi connectivity index (χ1n) is 4.17. The van der Waals surface area contributed by atoms with Crippen LogP contribution in [0, 0.1) is 0 Å². The summed E-state index contributed by atoms with van der Waals surface area (Å²) in [6, 6.07) is 0.616. The van der Waals surface area contributed by atoms with E-state index in [0.29, 0.717) is 6.04 Å². The highest BCUT2D eigenvalue weighted by Crippen LogP contribution is 2.09. The monoisotopic (exact) mass is 172 g/mol.